The zero-order chi connectivity index (χ0) is 21.5. The number of aromatic nitrogens is 1. The molecule has 2 N–H and O–H groups in total. The van der Waals surface area contributed by atoms with E-state index in [0.29, 0.717) is 24.6 Å². The van der Waals surface area contributed by atoms with Crippen LogP contribution < -0.4 is 10.6 Å². The van der Waals surface area contributed by atoms with Crippen LogP contribution in [0.1, 0.15) is 43.4 Å². The number of fused-ring (bicyclic) bond motifs is 2. The van der Waals surface area contributed by atoms with Gasteiger partial charge in [-0.3, -0.25) is 9.78 Å². The zero-order valence-corrected chi connectivity index (χ0v) is 17.8. The molecule has 0 bridgehead atoms. The number of anilines is 1. The van der Waals surface area contributed by atoms with Crippen molar-refractivity contribution in [3.05, 3.63) is 40.7 Å². The number of hydrogen-bond acceptors (Lipinski definition) is 6. The molecule has 4 rings (SSSR count). The minimum atomic E-state index is -0.287. The third-order valence-corrected chi connectivity index (χ3v) is 5.79. The third-order valence-electron chi connectivity index (χ3n) is 5.79. The summed E-state index contributed by atoms with van der Waals surface area (Å²) in [6.07, 6.45) is 7.20. The molecule has 166 valence electrons. The van der Waals surface area contributed by atoms with Gasteiger partial charge in [-0.05, 0) is 56.6 Å². The van der Waals surface area contributed by atoms with E-state index in [4.69, 9.17) is 9.82 Å². The molecule has 0 saturated carbocycles. The zero-order valence-electron chi connectivity index (χ0n) is 17.8. The van der Waals surface area contributed by atoms with Crippen LogP contribution in [0.5, 0.6) is 0 Å². The number of rotatable bonds is 9. The minimum Gasteiger partial charge on any atom is -0.569 e. The molecule has 1 aromatic heterocycles. The normalized spacial score (nSPS) is 16.3. The van der Waals surface area contributed by atoms with Crippen molar-refractivity contribution in [3.63, 3.8) is 0 Å². The lowest BCUT2D eigenvalue weighted by molar-refractivity contribution is -0.707. The van der Waals surface area contributed by atoms with Crippen molar-refractivity contribution in [2.75, 3.05) is 38.1 Å². The first-order chi connectivity index (χ1) is 15.2. The molecular weight excluding hydrogens is 396 g/mol. The van der Waals surface area contributed by atoms with E-state index in [-0.39, 0.29) is 12.5 Å². The predicted octanol–water partition coefficient (Wildman–Crippen LogP) is 2.94. The van der Waals surface area contributed by atoms with Gasteiger partial charge in [0.1, 0.15) is 0 Å². The number of nitrogens with zero attached hydrogens (tertiary/aromatic N) is 4. The van der Waals surface area contributed by atoms with E-state index in [1.165, 1.54) is 29.8 Å². The first-order valence-electron chi connectivity index (χ1n) is 11.2. The summed E-state index contributed by atoms with van der Waals surface area (Å²) >= 11 is 0. The van der Waals surface area contributed by atoms with Gasteiger partial charge >= 0.3 is 0 Å². The highest BCUT2D eigenvalue weighted by Gasteiger charge is 2.19. The molecule has 2 aromatic rings. The van der Waals surface area contributed by atoms with Crippen molar-refractivity contribution >= 4 is 22.5 Å². The molecule has 0 unspecified atom stereocenters. The van der Waals surface area contributed by atoms with Crippen LogP contribution in [-0.4, -0.2) is 53.7 Å². The maximum absolute atomic E-state index is 11.9. The summed E-state index contributed by atoms with van der Waals surface area (Å²) in [6.45, 7) is 2.35. The van der Waals surface area contributed by atoms with Gasteiger partial charge in [0.15, 0.2) is 0 Å². The standard InChI is InChI=1S/C22H30N6O3/c29-21(16-31-26-28(30)27-14-5-6-15-27)23-12-7-13-24-22-17-8-1-3-10-19(17)25-20-11-4-2-9-18(20)22/h1,3,8,10H,2,4-7,9,11-16H2,(H,23,29)(H,24,25)/b28-26-. The van der Waals surface area contributed by atoms with Crippen LogP contribution in [0.25, 0.3) is 10.9 Å². The van der Waals surface area contributed by atoms with Crippen molar-refractivity contribution in [2.45, 2.75) is 44.9 Å². The molecule has 0 atom stereocenters. The Kier molecular flexibility index (Phi) is 7.01. The van der Waals surface area contributed by atoms with Crippen LogP contribution in [0.2, 0.25) is 0 Å². The topological polar surface area (TPSA) is 105 Å². The molecule has 2 aliphatic rings. The summed E-state index contributed by atoms with van der Waals surface area (Å²) in [5, 5.41) is 24.2. The monoisotopic (exact) mass is 426 g/mol. The van der Waals surface area contributed by atoms with Crippen molar-refractivity contribution in [1.29, 1.82) is 0 Å². The minimum absolute atomic E-state index is 0.261. The van der Waals surface area contributed by atoms with Crippen LogP contribution in [0, 0.1) is 5.21 Å². The highest BCUT2D eigenvalue weighted by atomic mass is 16.7. The molecule has 1 aromatic carbocycles. The second kappa shape index (κ2) is 10.3. The summed E-state index contributed by atoms with van der Waals surface area (Å²) in [5.41, 5.74) is 4.76. The number of para-hydroxylation sites is 1. The van der Waals surface area contributed by atoms with E-state index >= 15 is 0 Å². The van der Waals surface area contributed by atoms with Crippen LogP contribution in [0.4, 0.5) is 5.69 Å². The molecule has 1 aliphatic heterocycles. The summed E-state index contributed by atoms with van der Waals surface area (Å²) < 4.78 is 0. The van der Waals surface area contributed by atoms with Crippen molar-refractivity contribution in [1.82, 2.24) is 15.3 Å². The molecule has 9 heteroatoms. The first-order valence-corrected chi connectivity index (χ1v) is 11.2. The van der Waals surface area contributed by atoms with Gasteiger partial charge in [0, 0.05) is 29.9 Å². The van der Waals surface area contributed by atoms with E-state index in [2.05, 4.69) is 28.0 Å². The Balaban J connectivity index is 1.23. The molecular formula is C22H30N6O3. The molecule has 1 saturated heterocycles. The maximum atomic E-state index is 11.9. The number of hydrazine groups is 1. The average Bonchev–Trinajstić information content (AvgIpc) is 3.33. The molecule has 0 radical (unpaired) electrons. The Morgan fingerprint density at radius 3 is 2.84 bits per heavy atom. The lowest BCUT2D eigenvalue weighted by atomic mass is 9.92. The van der Waals surface area contributed by atoms with Gasteiger partial charge in [0.2, 0.25) is 11.9 Å². The second-order valence-corrected chi connectivity index (χ2v) is 8.04. The highest BCUT2D eigenvalue weighted by Crippen LogP contribution is 2.33. The molecule has 1 fully saturated rings. The third kappa shape index (κ3) is 5.34. The van der Waals surface area contributed by atoms with Gasteiger partial charge in [-0.2, -0.15) is 0 Å². The molecule has 1 amide bonds. The molecule has 31 heavy (non-hydrogen) atoms. The van der Waals surface area contributed by atoms with Crippen LogP contribution in [0.15, 0.2) is 29.5 Å². The van der Waals surface area contributed by atoms with Crippen LogP contribution in [0.3, 0.4) is 0 Å². The quantitative estimate of drug-likeness (QED) is 0.276. The second-order valence-electron chi connectivity index (χ2n) is 8.04. The Bertz CT molecular complexity index is 942. The van der Waals surface area contributed by atoms with Crippen molar-refractivity contribution < 1.29 is 14.6 Å². The van der Waals surface area contributed by atoms with Gasteiger partial charge in [0.25, 0.3) is 5.91 Å². The molecule has 2 heterocycles. The number of pyridine rings is 1. The van der Waals surface area contributed by atoms with Gasteiger partial charge in [-0.15, -0.1) is 5.01 Å². The van der Waals surface area contributed by atoms with Gasteiger partial charge < -0.3 is 20.7 Å². The lowest BCUT2D eigenvalue weighted by Crippen LogP contribution is -2.30. The predicted molar refractivity (Wildman–Crippen MR) is 117 cm³/mol. The number of hydrogen-bond donors (Lipinski definition) is 2. The summed E-state index contributed by atoms with van der Waals surface area (Å²) in [7, 11) is 0. The Labute approximate surface area is 182 Å². The largest absolute Gasteiger partial charge is 0.569 e. The summed E-state index contributed by atoms with van der Waals surface area (Å²) in [4.78, 5) is 22.1. The Morgan fingerprint density at radius 1 is 1.16 bits per heavy atom. The summed E-state index contributed by atoms with van der Waals surface area (Å²) in [5.74, 6) is -0.287. The lowest BCUT2D eigenvalue weighted by Gasteiger charge is -2.21. The fraction of sp³-hybridized carbons (Fsp3) is 0.545. The van der Waals surface area contributed by atoms with Crippen molar-refractivity contribution in [2.24, 2.45) is 5.28 Å². The number of amides is 1. The number of carbonyl (C=O) groups excluding carboxylic acids is 1. The summed E-state index contributed by atoms with van der Waals surface area (Å²) in [6, 6.07) is 8.24. The van der Waals surface area contributed by atoms with E-state index in [9.17, 15) is 10.0 Å². The number of aryl methyl sites for hydroxylation is 1. The number of nitrogens with one attached hydrogen (secondary N) is 2. The molecule has 0 spiro atoms. The first kappa shape index (κ1) is 21.1. The van der Waals surface area contributed by atoms with Gasteiger partial charge in [0.05, 0.1) is 23.6 Å². The fourth-order valence-electron chi connectivity index (χ4n) is 4.22. The molecule has 9 nitrogen and oxygen atoms in total. The molecule has 1 aliphatic carbocycles. The Morgan fingerprint density at radius 2 is 1.97 bits per heavy atom. The van der Waals surface area contributed by atoms with E-state index in [1.54, 1.807) is 5.01 Å². The van der Waals surface area contributed by atoms with E-state index in [0.717, 1.165) is 49.6 Å². The van der Waals surface area contributed by atoms with Crippen molar-refractivity contribution in [3.8, 4) is 0 Å². The van der Waals surface area contributed by atoms with Crippen LogP contribution >= 0.6 is 0 Å². The van der Waals surface area contributed by atoms with E-state index in [1.807, 2.05) is 12.1 Å². The smallest absolute Gasteiger partial charge is 0.261 e. The Hall–Kier alpha value is -3.10. The number of carbonyl (C=O) groups is 1. The van der Waals surface area contributed by atoms with Gasteiger partial charge in [-0.1, -0.05) is 18.2 Å². The SMILES string of the molecule is O=C(CO/N=[N+](\[O-])N1CCCC1)NCCCNc1c2c(nc3ccccc13)CCCC2. The number of benzene rings is 1. The highest BCUT2D eigenvalue weighted by molar-refractivity contribution is 5.93. The average molecular weight is 427 g/mol. The van der Waals surface area contributed by atoms with Crippen LogP contribution in [-0.2, 0) is 22.5 Å². The van der Waals surface area contributed by atoms with E-state index < -0.39 is 0 Å². The van der Waals surface area contributed by atoms with Gasteiger partial charge in [-0.25, -0.2) is 0 Å². The maximum Gasteiger partial charge on any atom is 0.261 e. The fourth-order valence-corrected chi connectivity index (χ4v) is 4.22.